The smallest absolute Gasteiger partial charge is 0.251 e. The molecule has 1 atom stereocenters. The predicted octanol–water partition coefficient (Wildman–Crippen LogP) is 4.83. The van der Waals surface area contributed by atoms with Crippen LogP contribution in [0.4, 0.5) is 5.69 Å². The van der Waals surface area contributed by atoms with Crippen LogP contribution in [0.1, 0.15) is 41.7 Å². The zero-order valence-corrected chi connectivity index (χ0v) is 15.2. The Bertz CT molecular complexity index is 802. The molecule has 2 amide bonds. The van der Waals surface area contributed by atoms with E-state index in [4.69, 9.17) is 23.2 Å². The molecule has 1 aliphatic carbocycles. The minimum Gasteiger partial charge on any atom is -0.346 e. The first-order chi connectivity index (χ1) is 11.9. The van der Waals surface area contributed by atoms with Crippen LogP contribution in [0, 0.1) is 5.92 Å². The number of benzene rings is 2. The number of nitrogens with one attached hydrogen (secondary N) is 2. The van der Waals surface area contributed by atoms with Gasteiger partial charge in [0.15, 0.2) is 0 Å². The van der Waals surface area contributed by atoms with Crippen molar-refractivity contribution in [3.8, 4) is 0 Å². The highest BCUT2D eigenvalue weighted by Crippen LogP contribution is 2.30. The van der Waals surface area contributed by atoms with Crippen LogP contribution in [0.5, 0.6) is 0 Å². The molecule has 1 unspecified atom stereocenters. The van der Waals surface area contributed by atoms with Crippen molar-refractivity contribution in [3.05, 3.63) is 63.6 Å². The van der Waals surface area contributed by atoms with Crippen LogP contribution in [0.3, 0.4) is 0 Å². The molecule has 0 radical (unpaired) electrons. The van der Waals surface area contributed by atoms with Gasteiger partial charge in [-0.2, -0.15) is 0 Å². The second-order valence-electron chi connectivity index (χ2n) is 6.21. The first-order valence-electron chi connectivity index (χ1n) is 8.11. The van der Waals surface area contributed by atoms with E-state index < -0.39 is 0 Å². The van der Waals surface area contributed by atoms with E-state index >= 15 is 0 Å². The van der Waals surface area contributed by atoms with Crippen LogP contribution in [0.25, 0.3) is 0 Å². The Morgan fingerprint density at radius 2 is 1.72 bits per heavy atom. The second kappa shape index (κ2) is 7.46. The van der Waals surface area contributed by atoms with Gasteiger partial charge in [0.25, 0.3) is 5.91 Å². The molecule has 1 fully saturated rings. The van der Waals surface area contributed by atoms with Crippen LogP contribution in [0.2, 0.25) is 10.0 Å². The van der Waals surface area contributed by atoms with E-state index in [0.29, 0.717) is 21.3 Å². The molecule has 2 aromatic carbocycles. The molecular formula is C19H18Cl2N2O2. The molecule has 130 valence electrons. The number of amides is 2. The van der Waals surface area contributed by atoms with E-state index in [9.17, 15) is 9.59 Å². The zero-order valence-electron chi connectivity index (χ0n) is 13.7. The highest BCUT2D eigenvalue weighted by molar-refractivity contribution is 6.42. The summed E-state index contributed by atoms with van der Waals surface area (Å²) in [4.78, 5) is 24.1. The summed E-state index contributed by atoms with van der Waals surface area (Å²) in [7, 11) is 0. The van der Waals surface area contributed by atoms with Crippen molar-refractivity contribution < 1.29 is 9.59 Å². The van der Waals surface area contributed by atoms with E-state index in [2.05, 4.69) is 10.6 Å². The molecule has 0 spiro atoms. The SMILES string of the molecule is CC(NC(=O)c1ccc(NC(=O)C2CC2)cc1)c1ccc(Cl)c(Cl)c1. The molecule has 6 heteroatoms. The third-order valence-electron chi connectivity index (χ3n) is 4.15. The first-order valence-corrected chi connectivity index (χ1v) is 8.86. The fourth-order valence-electron chi connectivity index (χ4n) is 2.44. The lowest BCUT2D eigenvalue weighted by Gasteiger charge is -2.15. The van der Waals surface area contributed by atoms with Crippen LogP contribution in [-0.2, 0) is 4.79 Å². The maximum atomic E-state index is 12.4. The summed E-state index contributed by atoms with van der Waals surface area (Å²) in [6.07, 6.45) is 1.91. The normalized spacial score (nSPS) is 14.7. The van der Waals surface area contributed by atoms with Gasteiger partial charge in [-0.1, -0.05) is 29.3 Å². The minimum atomic E-state index is -0.212. The summed E-state index contributed by atoms with van der Waals surface area (Å²) in [6, 6.07) is 11.9. The van der Waals surface area contributed by atoms with E-state index in [1.807, 2.05) is 13.0 Å². The first kappa shape index (κ1) is 17.8. The highest BCUT2D eigenvalue weighted by Gasteiger charge is 2.29. The van der Waals surface area contributed by atoms with Gasteiger partial charge in [-0.3, -0.25) is 9.59 Å². The summed E-state index contributed by atoms with van der Waals surface area (Å²) < 4.78 is 0. The van der Waals surface area contributed by atoms with E-state index in [0.717, 1.165) is 18.4 Å². The number of carbonyl (C=O) groups is 2. The van der Waals surface area contributed by atoms with Crippen molar-refractivity contribution in [2.24, 2.45) is 5.92 Å². The van der Waals surface area contributed by atoms with Crippen LogP contribution >= 0.6 is 23.2 Å². The minimum absolute atomic E-state index is 0.0467. The number of halogens is 2. The Morgan fingerprint density at radius 3 is 2.32 bits per heavy atom. The van der Waals surface area contributed by atoms with E-state index in [1.165, 1.54) is 0 Å². The molecule has 2 N–H and O–H groups in total. The summed E-state index contributed by atoms with van der Waals surface area (Å²) >= 11 is 11.9. The van der Waals surface area contributed by atoms with Crippen LogP contribution < -0.4 is 10.6 Å². The molecule has 1 aliphatic rings. The third-order valence-corrected chi connectivity index (χ3v) is 4.89. The fraction of sp³-hybridized carbons (Fsp3) is 0.263. The summed E-state index contributed by atoms with van der Waals surface area (Å²) in [5, 5.41) is 6.70. The molecule has 1 saturated carbocycles. The van der Waals surface area contributed by atoms with Gasteiger partial charge in [0.2, 0.25) is 5.91 Å². The van der Waals surface area contributed by atoms with Crippen molar-refractivity contribution in [1.29, 1.82) is 0 Å². The summed E-state index contributed by atoms with van der Waals surface area (Å²) in [6.45, 7) is 1.88. The average molecular weight is 377 g/mol. The van der Waals surface area contributed by atoms with Crippen LogP contribution in [-0.4, -0.2) is 11.8 Å². The monoisotopic (exact) mass is 376 g/mol. The third kappa shape index (κ3) is 4.53. The summed E-state index contributed by atoms with van der Waals surface area (Å²) in [5.41, 5.74) is 2.10. The Hall–Kier alpha value is -2.04. The molecule has 2 aromatic rings. The van der Waals surface area contributed by atoms with Crippen molar-refractivity contribution >= 4 is 40.7 Å². The van der Waals surface area contributed by atoms with E-state index in [1.54, 1.807) is 36.4 Å². The van der Waals surface area contributed by atoms with Crippen molar-refractivity contribution in [2.75, 3.05) is 5.32 Å². The number of carbonyl (C=O) groups excluding carboxylic acids is 2. The van der Waals surface area contributed by atoms with Crippen LogP contribution in [0.15, 0.2) is 42.5 Å². The van der Waals surface area contributed by atoms with Gasteiger partial charge >= 0.3 is 0 Å². The number of anilines is 1. The fourth-order valence-corrected chi connectivity index (χ4v) is 2.75. The largest absolute Gasteiger partial charge is 0.346 e. The van der Waals surface area contributed by atoms with Gasteiger partial charge in [0.05, 0.1) is 16.1 Å². The number of hydrogen-bond acceptors (Lipinski definition) is 2. The van der Waals surface area contributed by atoms with Gasteiger partial charge in [0.1, 0.15) is 0 Å². The lowest BCUT2D eigenvalue weighted by molar-refractivity contribution is -0.117. The quantitative estimate of drug-likeness (QED) is 0.784. The maximum absolute atomic E-state index is 12.4. The van der Waals surface area contributed by atoms with E-state index in [-0.39, 0.29) is 23.8 Å². The molecule has 0 bridgehead atoms. The van der Waals surface area contributed by atoms with Crippen molar-refractivity contribution in [3.63, 3.8) is 0 Å². The second-order valence-corrected chi connectivity index (χ2v) is 7.02. The lowest BCUT2D eigenvalue weighted by Crippen LogP contribution is -2.26. The summed E-state index contributed by atoms with van der Waals surface area (Å²) in [5.74, 6) is -0.000827. The van der Waals surface area contributed by atoms with Crippen molar-refractivity contribution in [2.45, 2.75) is 25.8 Å². The van der Waals surface area contributed by atoms with Crippen molar-refractivity contribution in [1.82, 2.24) is 5.32 Å². The molecule has 3 rings (SSSR count). The molecule has 0 aromatic heterocycles. The molecule has 0 aliphatic heterocycles. The van der Waals surface area contributed by atoms with Gasteiger partial charge in [-0.15, -0.1) is 0 Å². The highest BCUT2D eigenvalue weighted by atomic mass is 35.5. The standard InChI is InChI=1S/C19H18Cl2N2O2/c1-11(14-6-9-16(20)17(21)10-14)22-18(24)13-4-7-15(8-5-13)23-19(25)12-2-3-12/h4-12H,2-3H2,1H3,(H,22,24)(H,23,25). The van der Waals surface area contributed by atoms with Gasteiger partial charge < -0.3 is 10.6 Å². The molecule has 0 heterocycles. The topological polar surface area (TPSA) is 58.2 Å². The molecule has 0 saturated heterocycles. The average Bonchev–Trinajstić information content (AvgIpc) is 3.43. The Morgan fingerprint density at radius 1 is 1.04 bits per heavy atom. The Kier molecular flexibility index (Phi) is 5.30. The zero-order chi connectivity index (χ0) is 18.0. The Balaban J connectivity index is 1.61. The molecule has 25 heavy (non-hydrogen) atoms. The van der Waals surface area contributed by atoms with Gasteiger partial charge in [-0.25, -0.2) is 0 Å². The van der Waals surface area contributed by atoms with Gasteiger partial charge in [0, 0.05) is 17.2 Å². The molecule has 4 nitrogen and oxygen atoms in total. The van der Waals surface area contributed by atoms with Gasteiger partial charge in [-0.05, 0) is 61.7 Å². The number of rotatable bonds is 5. The lowest BCUT2D eigenvalue weighted by atomic mass is 10.1. The molecular weight excluding hydrogens is 359 g/mol. The predicted molar refractivity (Wildman–Crippen MR) is 100 cm³/mol. The number of hydrogen-bond donors (Lipinski definition) is 2. The maximum Gasteiger partial charge on any atom is 0.251 e. The Labute approximate surface area is 156 Å².